The zero-order valence-corrected chi connectivity index (χ0v) is 15.7. The molecule has 0 fully saturated rings. The number of anilines is 1. The molecular weight excluding hydrogens is 338 g/mol. The maximum atomic E-state index is 12.6. The molecule has 2 rings (SSSR count). The number of benzene rings is 2. The fraction of sp³-hybridized carbons (Fsp3) is 0.278. The van der Waals surface area contributed by atoms with Gasteiger partial charge >= 0.3 is 0 Å². The van der Waals surface area contributed by atoms with Crippen LogP contribution >= 0.6 is 0 Å². The molecule has 0 aliphatic rings. The van der Waals surface area contributed by atoms with E-state index >= 15 is 0 Å². The van der Waals surface area contributed by atoms with Gasteiger partial charge in [0.05, 0.1) is 5.69 Å². The van der Waals surface area contributed by atoms with E-state index in [0.29, 0.717) is 17.8 Å². The van der Waals surface area contributed by atoms with Crippen LogP contribution < -0.4 is 10.2 Å². The van der Waals surface area contributed by atoms with Gasteiger partial charge in [-0.15, -0.1) is 0 Å². The summed E-state index contributed by atoms with van der Waals surface area (Å²) in [6.45, 7) is 0.380. The van der Waals surface area contributed by atoms with Gasteiger partial charge in [0, 0.05) is 40.3 Å². The number of amides is 1. The molecule has 2 aromatic rings. The molecule has 1 N–H and O–H groups in total. The number of nitrogens with one attached hydrogen (secondary N) is 1. The Morgan fingerprint density at radius 2 is 1.64 bits per heavy atom. The van der Waals surface area contributed by atoms with Gasteiger partial charge in [0.1, 0.15) is 4.90 Å². The standard InChI is InChI=1S/C18H23N3O3S/c1-20(2)16-11-10-15(12-17(16)25(23,24)21(3)4)18(22)19-13-14-8-6-5-7-9-14/h5-12H,13H2,1-4H3,(H,19,22). The van der Waals surface area contributed by atoms with Crippen LogP contribution in [0.2, 0.25) is 0 Å². The summed E-state index contributed by atoms with van der Waals surface area (Å²) in [5.74, 6) is -0.315. The molecule has 134 valence electrons. The predicted molar refractivity (Wildman–Crippen MR) is 99.3 cm³/mol. The second kappa shape index (κ2) is 7.67. The molecule has 25 heavy (non-hydrogen) atoms. The lowest BCUT2D eigenvalue weighted by molar-refractivity contribution is 0.0950. The first-order chi connectivity index (χ1) is 11.7. The third-order valence-corrected chi connectivity index (χ3v) is 5.60. The molecule has 0 unspecified atom stereocenters. The third-order valence-electron chi connectivity index (χ3n) is 3.76. The number of carbonyl (C=O) groups excluding carboxylic acids is 1. The maximum Gasteiger partial charge on any atom is 0.251 e. The van der Waals surface area contributed by atoms with Crippen molar-refractivity contribution in [3.05, 3.63) is 59.7 Å². The Kier molecular flexibility index (Phi) is 5.81. The van der Waals surface area contributed by atoms with Crippen molar-refractivity contribution in [3.8, 4) is 0 Å². The van der Waals surface area contributed by atoms with E-state index in [0.717, 1.165) is 9.87 Å². The van der Waals surface area contributed by atoms with E-state index in [2.05, 4.69) is 5.32 Å². The van der Waals surface area contributed by atoms with Gasteiger partial charge in [0.15, 0.2) is 0 Å². The van der Waals surface area contributed by atoms with E-state index in [4.69, 9.17) is 0 Å². The molecule has 0 aliphatic carbocycles. The van der Waals surface area contributed by atoms with Gasteiger partial charge in [-0.05, 0) is 23.8 Å². The van der Waals surface area contributed by atoms with Gasteiger partial charge in [-0.2, -0.15) is 0 Å². The first-order valence-corrected chi connectivity index (χ1v) is 9.23. The molecule has 0 radical (unpaired) electrons. The molecule has 0 saturated carbocycles. The minimum Gasteiger partial charge on any atom is -0.377 e. The largest absolute Gasteiger partial charge is 0.377 e. The van der Waals surface area contributed by atoms with Crippen LogP contribution in [0.25, 0.3) is 0 Å². The van der Waals surface area contributed by atoms with E-state index in [-0.39, 0.29) is 10.8 Å². The average molecular weight is 361 g/mol. The van der Waals surface area contributed by atoms with E-state index in [9.17, 15) is 13.2 Å². The van der Waals surface area contributed by atoms with Crippen molar-refractivity contribution < 1.29 is 13.2 Å². The molecule has 0 spiro atoms. The zero-order chi connectivity index (χ0) is 18.6. The van der Waals surface area contributed by atoms with Crippen molar-refractivity contribution in [1.29, 1.82) is 0 Å². The lowest BCUT2D eigenvalue weighted by atomic mass is 10.1. The Bertz CT molecular complexity index is 847. The van der Waals surface area contributed by atoms with Crippen molar-refractivity contribution in [3.63, 3.8) is 0 Å². The molecule has 0 atom stereocenters. The summed E-state index contributed by atoms with van der Waals surface area (Å²) < 4.78 is 26.3. The van der Waals surface area contributed by atoms with Crippen LogP contribution in [-0.4, -0.2) is 46.8 Å². The molecule has 0 aromatic heterocycles. The number of hydrogen-bond acceptors (Lipinski definition) is 4. The monoisotopic (exact) mass is 361 g/mol. The summed E-state index contributed by atoms with van der Waals surface area (Å²) in [6, 6.07) is 14.2. The van der Waals surface area contributed by atoms with E-state index in [1.165, 1.54) is 20.2 Å². The molecule has 1 amide bonds. The minimum atomic E-state index is -3.66. The van der Waals surface area contributed by atoms with Gasteiger partial charge in [-0.1, -0.05) is 30.3 Å². The van der Waals surface area contributed by atoms with Crippen LogP contribution in [0.4, 0.5) is 5.69 Å². The quantitative estimate of drug-likeness (QED) is 0.854. The highest BCUT2D eigenvalue weighted by atomic mass is 32.2. The van der Waals surface area contributed by atoms with Crippen LogP contribution in [0.1, 0.15) is 15.9 Å². The Labute approximate surface area is 149 Å². The highest BCUT2D eigenvalue weighted by Gasteiger charge is 2.24. The van der Waals surface area contributed by atoms with Gasteiger partial charge in [0.2, 0.25) is 10.0 Å². The number of nitrogens with zero attached hydrogens (tertiary/aromatic N) is 2. The Morgan fingerprint density at radius 1 is 1.00 bits per heavy atom. The highest BCUT2D eigenvalue weighted by Crippen LogP contribution is 2.27. The molecule has 0 bridgehead atoms. The SMILES string of the molecule is CN(C)c1ccc(C(=O)NCc2ccccc2)cc1S(=O)(=O)N(C)C. The zero-order valence-electron chi connectivity index (χ0n) is 14.9. The van der Waals surface area contributed by atoms with E-state index < -0.39 is 10.0 Å². The first-order valence-electron chi connectivity index (χ1n) is 7.79. The second-order valence-electron chi connectivity index (χ2n) is 6.03. The molecule has 0 saturated heterocycles. The normalized spacial score (nSPS) is 11.4. The van der Waals surface area contributed by atoms with Crippen molar-refractivity contribution in [2.24, 2.45) is 0 Å². The van der Waals surface area contributed by atoms with Crippen LogP contribution in [0.3, 0.4) is 0 Å². The molecule has 6 nitrogen and oxygen atoms in total. The molecule has 7 heteroatoms. The van der Waals surface area contributed by atoms with Gasteiger partial charge in [0.25, 0.3) is 5.91 Å². The Balaban J connectivity index is 2.31. The fourth-order valence-corrected chi connectivity index (χ4v) is 3.49. The van der Waals surface area contributed by atoms with Crippen LogP contribution in [-0.2, 0) is 16.6 Å². The summed E-state index contributed by atoms with van der Waals surface area (Å²) in [4.78, 5) is 14.2. The summed E-state index contributed by atoms with van der Waals surface area (Å²) in [7, 11) is 2.80. The maximum absolute atomic E-state index is 12.6. The van der Waals surface area contributed by atoms with Crippen LogP contribution in [0.15, 0.2) is 53.4 Å². The highest BCUT2D eigenvalue weighted by molar-refractivity contribution is 7.89. The fourth-order valence-electron chi connectivity index (χ4n) is 2.31. The van der Waals surface area contributed by atoms with Gasteiger partial charge in [-0.25, -0.2) is 12.7 Å². The average Bonchev–Trinajstić information content (AvgIpc) is 2.59. The number of sulfonamides is 1. The Morgan fingerprint density at radius 3 is 2.20 bits per heavy atom. The molecule has 0 heterocycles. The second-order valence-corrected chi connectivity index (χ2v) is 8.15. The van der Waals surface area contributed by atoms with Crippen molar-refractivity contribution in [1.82, 2.24) is 9.62 Å². The lowest BCUT2D eigenvalue weighted by Gasteiger charge is -2.20. The van der Waals surface area contributed by atoms with Gasteiger partial charge in [-0.3, -0.25) is 4.79 Å². The third kappa shape index (κ3) is 4.37. The lowest BCUT2D eigenvalue weighted by Crippen LogP contribution is -2.27. The van der Waals surface area contributed by atoms with E-state index in [1.807, 2.05) is 30.3 Å². The smallest absolute Gasteiger partial charge is 0.251 e. The summed E-state index contributed by atoms with van der Waals surface area (Å²) >= 11 is 0. The summed E-state index contributed by atoms with van der Waals surface area (Å²) in [5, 5.41) is 2.81. The minimum absolute atomic E-state index is 0.106. The Hall–Kier alpha value is -2.38. The number of rotatable bonds is 6. The molecular formula is C18H23N3O3S. The molecule has 0 aliphatic heterocycles. The number of carbonyl (C=O) groups is 1. The predicted octanol–water partition coefficient (Wildman–Crippen LogP) is 1.93. The van der Waals surface area contributed by atoms with Crippen LogP contribution in [0.5, 0.6) is 0 Å². The first kappa shape index (κ1) is 19.0. The van der Waals surface area contributed by atoms with Crippen LogP contribution in [0, 0.1) is 0 Å². The van der Waals surface area contributed by atoms with Gasteiger partial charge < -0.3 is 10.2 Å². The van der Waals surface area contributed by atoms with E-state index in [1.54, 1.807) is 31.1 Å². The van der Waals surface area contributed by atoms with Crippen molar-refractivity contribution >= 4 is 21.6 Å². The van der Waals surface area contributed by atoms with Crippen molar-refractivity contribution in [2.75, 3.05) is 33.1 Å². The summed E-state index contributed by atoms with van der Waals surface area (Å²) in [5.41, 5.74) is 1.82. The molecule has 2 aromatic carbocycles. The van der Waals surface area contributed by atoms with Crippen molar-refractivity contribution in [2.45, 2.75) is 11.4 Å². The number of hydrogen-bond donors (Lipinski definition) is 1. The topological polar surface area (TPSA) is 69.7 Å². The summed E-state index contributed by atoms with van der Waals surface area (Å²) in [6.07, 6.45) is 0.